The zero-order valence-corrected chi connectivity index (χ0v) is 13.3. The molecule has 3 aromatic rings. The third kappa shape index (κ3) is 3.49. The number of hydrogen-bond acceptors (Lipinski definition) is 7. The number of aryl methyl sites for hydroxylation is 1. The van der Waals surface area contributed by atoms with Crippen molar-refractivity contribution in [3.63, 3.8) is 0 Å². The summed E-state index contributed by atoms with van der Waals surface area (Å²) in [7, 11) is 0. The lowest BCUT2D eigenvalue weighted by Crippen LogP contribution is -1.92. The Morgan fingerprint density at radius 2 is 2.00 bits per heavy atom. The number of halogens is 1. The van der Waals surface area contributed by atoms with Gasteiger partial charge in [0.25, 0.3) is 10.9 Å². The van der Waals surface area contributed by atoms with Gasteiger partial charge in [-0.1, -0.05) is 11.6 Å². The van der Waals surface area contributed by atoms with Crippen LogP contribution in [0.1, 0.15) is 5.56 Å². The van der Waals surface area contributed by atoms with E-state index in [1.165, 1.54) is 12.3 Å². The molecule has 2 heterocycles. The van der Waals surface area contributed by atoms with Gasteiger partial charge in [-0.3, -0.25) is 10.1 Å². The first kappa shape index (κ1) is 15.4. The van der Waals surface area contributed by atoms with E-state index in [9.17, 15) is 10.1 Å². The number of aromatic nitrogens is 3. The molecule has 0 amide bonds. The van der Waals surface area contributed by atoms with Crippen LogP contribution in [0.5, 0.6) is 0 Å². The van der Waals surface area contributed by atoms with Gasteiger partial charge >= 0.3 is 0 Å². The predicted octanol–water partition coefficient (Wildman–Crippen LogP) is 4.15. The Morgan fingerprint density at radius 1 is 1.26 bits per heavy atom. The molecule has 2 aromatic heterocycles. The summed E-state index contributed by atoms with van der Waals surface area (Å²) in [5.74, 6) is 0.365. The summed E-state index contributed by atoms with van der Waals surface area (Å²) in [5.41, 5.74) is 1.36. The molecule has 0 aliphatic heterocycles. The van der Waals surface area contributed by atoms with Gasteiger partial charge in [0.15, 0.2) is 0 Å². The second-order valence-electron chi connectivity index (χ2n) is 4.55. The van der Waals surface area contributed by atoms with Crippen molar-refractivity contribution in [3.8, 4) is 11.5 Å². The van der Waals surface area contributed by atoms with Gasteiger partial charge in [0.05, 0.1) is 4.92 Å². The van der Waals surface area contributed by atoms with E-state index in [-0.39, 0.29) is 5.69 Å². The van der Waals surface area contributed by atoms with Crippen LogP contribution in [0.3, 0.4) is 0 Å². The van der Waals surface area contributed by atoms with E-state index in [1.54, 1.807) is 31.2 Å². The van der Waals surface area contributed by atoms with Crippen molar-refractivity contribution in [2.45, 2.75) is 17.2 Å². The summed E-state index contributed by atoms with van der Waals surface area (Å²) in [4.78, 5) is 14.3. The summed E-state index contributed by atoms with van der Waals surface area (Å²) >= 11 is 6.99. The predicted molar refractivity (Wildman–Crippen MR) is 84.5 cm³/mol. The maximum Gasteiger partial charge on any atom is 0.287 e. The average molecular weight is 349 g/mol. The van der Waals surface area contributed by atoms with Crippen LogP contribution in [0.25, 0.3) is 11.5 Å². The van der Waals surface area contributed by atoms with Crippen molar-refractivity contribution >= 4 is 29.1 Å². The average Bonchev–Trinajstić information content (AvgIpc) is 2.98. The summed E-state index contributed by atoms with van der Waals surface area (Å²) in [6, 6.07) is 8.47. The minimum Gasteiger partial charge on any atom is -0.411 e. The molecule has 1 aromatic carbocycles. The van der Waals surface area contributed by atoms with Crippen LogP contribution in [-0.2, 0) is 0 Å². The van der Waals surface area contributed by atoms with E-state index in [2.05, 4.69) is 15.2 Å². The summed E-state index contributed by atoms with van der Waals surface area (Å²) in [6.45, 7) is 1.73. The Hall–Kier alpha value is -2.45. The quantitative estimate of drug-likeness (QED) is 0.516. The van der Waals surface area contributed by atoms with Crippen molar-refractivity contribution in [3.05, 3.63) is 57.2 Å². The molecule has 9 heteroatoms. The van der Waals surface area contributed by atoms with E-state index in [4.69, 9.17) is 16.0 Å². The van der Waals surface area contributed by atoms with Gasteiger partial charge in [0.2, 0.25) is 5.89 Å². The van der Waals surface area contributed by atoms with Crippen LogP contribution in [0.4, 0.5) is 5.69 Å². The number of nitro groups is 1. The summed E-state index contributed by atoms with van der Waals surface area (Å²) < 4.78 is 5.57. The highest BCUT2D eigenvalue weighted by Gasteiger charge is 2.14. The highest BCUT2D eigenvalue weighted by atomic mass is 35.5. The van der Waals surface area contributed by atoms with Gasteiger partial charge in [-0.2, -0.15) is 0 Å². The highest BCUT2D eigenvalue weighted by molar-refractivity contribution is 7.99. The van der Waals surface area contributed by atoms with Crippen LogP contribution in [0.2, 0.25) is 5.02 Å². The third-order valence-corrected chi connectivity index (χ3v) is 4.12. The summed E-state index contributed by atoms with van der Waals surface area (Å²) in [6.07, 6.45) is 1.20. The first-order chi connectivity index (χ1) is 11.0. The fourth-order valence-corrected chi connectivity index (χ4v) is 2.62. The molecule has 0 unspecified atom stereocenters. The molecule has 0 atom stereocenters. The molecule has 0 spiro atoms. The van der Waals surface area contributed by atoms with Crippen LogP contribution in [-0.4, -0.2) is 20.1 Å². The van der Waals surface area contributed by atoms with Gasteiger partial charge in [0, 0.05) is 16.7 Å². The molecule has 0 saturated heterocycles. The second-order valence-corrected chi connectivity index (χ2v) is 5.93. The van der Waals surface area contributed by atoms with Crippen molar-refractivity contribution in [2.24, 2.45) is 0 Å². The number of benzene rings is 1. The van der Waals surface area contributed by atoms with Crippen LogP contribution < -0.4 is 0 Å². The molecule has 0 N–H and O–H groups in total. The van der Waals surface area contributed by atoms with E-state index in [0.717, 1.165) is 17.3 Å². The minimum atomic E-state index is -0.486. The smallest absolute Gasteiger partial charge is 0.287 e. The second kappa shape index (κ2) is 6.35. The Balaban J connectivity index is 1.82. The summed E-state index contributed by atoms with van der Waals surface area (Å²) in [5, 5.41) is 20.1. The number of pyridine rings is 1. The lowest BCUT2D eigenvalue weighted by atomic mass is 10.2. The fraction of sp³-hybridized carbons (Fsp3) is 0.0714. The highest BCUT2D eigenvalue weighted by Crippen LogP contribution is 2.31. The maximum atomic E-state index is 10.7. The topological polar surface area (TPSA) is 95.0 Å². The number of nitrogens with zero attached hydrogens (tertiary/aromatic N) is 4. The molecule has 116 valence electrons. The Kier molecular flexibility index (Phi) is 4.26. The maximum absolute atomic E-state index is 10.7. The first-order valence-electron chi connectivity index (χ1n) is 6.41. The normalized spacial score (nSPS) is 10.7. The standard InChI is InChI=1S/C14H9ClN4O3S/c1-8-6-11(19(20)21)7-16-13(8)23-14-18-17-12(22-14)9-2-4-10(15)5-3-9/h2-7H,1H3. The molecule has 3 rings (SSSR count). The minimum absolute atomic E-state index is 0.0563. The van der Waals surface area contributed by atoms with E-state index in [1.807, 2.05) is 0 Å². The molecule has 0 saturated carbocycles. The van der Waals surface area contributed by atoms with Crippen molar-refractivity contribution in [2.75, 3.05) is 0 Å². The lowest BCUT2D eigenvalue weighted by Gasteiger charge is -2.00. The third-order valence-electron chi connectivity index (χ3n) is 2.91. The number of hydrogen-bond donors (Lipinski definition) is 0. The molecule has 0 aliphatic rings. The van der Waals surface area contributed by atoms with Gasteiger partial charge in [0.1, 0.15) is 11.2 Å². The molecule has 23 heavy (non-hydrogen) atoms. The van der Waals surface area contributed by atoms with Gasteiger partial charge in [-0.05, 0) is 48.5 Å². The van der Waals surface area contributed by atoms with Crippen molar-refractivity contribution < 1.29 is 9.34 Å². The fourth-order valence-electron chi connectivity index (χ4n) is 1.80. The van der Waals surface area contributed by atoms with E-state index in [0.29, 0.717) is 26.7 Å². The molecule has 0 aliphatic carbocycles. The van der Waals surface area contributed by atoms with Crippen molar-refractivity contribution in [1.82, 2.24) is 15.2 Å². The van der Waals surface area contributed by atoms with E-state index >= 15 is 0 Å². The molecule has 0 fully saturated rings. The van der Waals surface area contributed by atoms with Crippen LogP contribution >= 0.6 is 23.4 Å². The Morgan fingerprint density at radius 3 is 2.65 bits per heavy atom. The zero-order chi connectivity index (χ0) is 16.4. The monoisotopic (exact) mass is 348 g/mol. The van der Waals surface area contributed by atoms with Gasteiger partial charge < -0.3 is 4.42 Å². The first-order valence-corrected chi connectivity index (χ1v) is 7.61. The molecule has 0 radical (unpaired) electrons. The van der Waals surface area contributed by atoms with Crippen LogP contribution in [0, 0.1) is 17.0 Å². The van der Waals surface area contributed by atoms with Gasteiger partial charge in [-0.15, -0.1) is 10.2 Å². The zero-order valence-electron chi connectivity index (χ0n) is 11.8. The molecule has 7 nitrogen and oxygen atoms in total. The van der Waals surface area contributed by atoms with Crippen molar-refractivity contribution in [1.29, 1.82) is 0 Å². The molecule has 0 bridgehead atoms. The Labute approximate surface area is 139 Å². The molecular weight excluding hydrogens is 340 g/mol. The Bertz CT molecular complexity index is 867. The number of rotatable bonds is 4. The largest absolute Gasteiger partial charge is 0.411 e. The van der Waals surface area contributed by atoms with Crippen LogP contribution in [0.15, 0.2) is 51.2 Å². The SMILES string of the molecule is Cc1cc([N+](=O)[O-])cnc1Sc1nnc(-c2ccc(Cl)cc2)o1. The van der Waals surface area contributed by atoms with E-state index < -0.39 is 4.92 Å². The van der Waals surface area contributed by atoms with Gasteiger partial charge in [-0.25, -0.2) is 4.98 Å². The lowest BCUT2D eigenvalue weighted by molar-refractivity contribution is -0.385. The molecular formula is C14H9ClN4O3S.